The van der Waals surface area contributed by atoms with Crippen LogP contribution in [0.2, 0.25) is 0 Å². The number of allylic oxidation sites excluding steroid dienone is 1. The van der Waals surface area contributed by atoms with Gasteiger partial charge in [0.1, 0.15) is 12.2 Å². The Morgan fingerprint density at radius 2 is 1.82 bits per heavy atom. The molecule has 0 spiro atoms. The first-order chi connectivity index (χ1) is 18.0. The lowest BCUT2D eigenvalue weighted by Crippen LogP contribution is -2.53. The smallest absolute Gasteiger partial charge is 0.302 e. The first-order valence-electron chi connectivity index (χ1n) is 15.2. The van der Waals surface area contributed by atoms with E-state index in [9.17, 15) is 14.9 Å². The van der Waals surface area contributed by atoms with Gasteiger partial charge in [-0.1, -0.05) is 39.3 Å². The van der Waals surface area contributed by atoms with Crippen molar-refractivity contribution in [3.63, 3.8) is 0 Å². The molecule has 0 bridgehead atoms. The normalized spacial score (nSPS) is 45.0. The van der Waals surface area contributed by atoms with Crippen LogP contribution in [0.1, 0.15) is 99.3 Å². The highest BCUT2D eigenvalue weighted by Crippen LogP contribution is 2.68. The average Bonchev–Trinajstić information content (AvgIpc) is 3.14. The van der Waals surface area contributed by atoms with E-state index in [0.29, 0.717) is 29.6 Å². The molecule has 0 amide bonds. The molecule has 0 aromatic heterocycles. The summed E-state index contributed by atoms with van der Waals surface area (Å²) in [5.41, 5.74) is 1.76. The quantitative estimate of drug-likeness (QED) is 0.245. The van der Waals surface area contributed by atoms with Crippen molar-refractivity contribution in [3.8, 4) is 6.19 Å². The predicted octanol–water partition coefficient (Wildman–Crippen LogP) is 6.26. The highest BCUT2D eigenvalue weighted by Gasteiger charge is 2.63. The van der Waals surface area contributed by atoms with Gasteiger partial charge in [-0.3, -0.25) is 9.59 Å². The monoisotopic (exact) mass is 524 g/mol. The molecule has 5 rings (SSSR count). The molecule has 1 saturated heterocycles. The second-order valence-corrected chi connectivity index (χ2v) is 14.0. The number of rotatable bonds is 4. The van der Waals surface area contributed by atoms with Crippen LogP contribution < -0.4 is 0 Å². The van der Waals surface area contributed by atoms with E-state index in [4.69, 9.17) is 9.47 Å². The molecule has 4 aliphatic carbocycles. The van der Waals surface area contributed by atoms with Crippen LogP contribution in [0.15, 0.2) is 11.6 Å². The molecule has 6 heteroatoms. The van der Waals surface area contributed by atoms with Gasteiger partial charge in [0.2, 0.25) is 0 Å². The van der Waals surface area contributed by atoms with Gasteiger partial charge in [-0.2, -0.15) is 5.26 Å². The van der Waals surface area contributed by atoms with E-state index in [0.717, 1.165) is 57.9 Å². The van der Waals surface area contributed by atoms with Crippen molar-refractivity contribution in [1.29, 1.82) is 5.26 Å². The summed E-state index contributed by atoms with van der Waals surface area (Å²) in [6, 6.07) is 0.222. The van der Waals surface area contributed by atoms with Crippen molar-refractivity contribution >= 4 is 11.9 Å². The Hall–Kier alpha value is -2.03. The average molecular weight is 525 g/mol. The third-order valence-electron chi connectivity index (χ3n) is 12.0. The number of carbonyl (C=O) groups excluding carboxylic acids is 2. The van der Waals surface area contributed by atoms with E-state index < -0.39 is 0 Å². The number of carbonyl (C=O) groups is 2. The zero-order chi connectivity index (χ0) is 27.4. The Balaban J connectivity index is 1.43. The SMILES string of the molecule is CC(=O)O[C@@H]1CC[C@]2(C)C(=CC[C@H]3[C@H]4C[C@H](OC(C)=O)[C@H]([C@H](C)[C@H]5CC[C@H](C)CN5C#N)[C@]4(C)CC[C@@H]32)C1. The minimum absolute atomic E-state index is 0.0172. The van der Waals surface area contributed by atoms with Gasteiger partial charge in [0, 0.05) is 38.8 Å². The molecule has 4 fully saturated rings. The minimum atomic E-state index is -0.179. The van der Waals surface area contributed by atoms with Crippen molar-refractivity contribution in [2.24, 2.45) is 46.3 Å². The molecule has 1 aliphatic heterocycles. The maximum Gasteiger partial charge on any atom is 0.302 e. The molecule has 5 aliphatic rings. The fourth-order valence-electron chi connectivity index (χ4n) is 10.3. The van der Waals surface area contributed by atoms with E-state index in [2.05, 4.69) is 40.0 Å². The molecule has 1 heterocycles. The number of likely N-dealkylation sites (tertiary alicyclic amines) is 1. The molecule has 3 saturated carbocycles. The third-order valence-corrected chi connectivity index (χ3v) is 12.0. The molecule has 0 N–H and O–H groups in total. The van der Waals surface area contributed by atoms with Crippen LogP contribution in [-0.4, -0.2) is 41.6 Å². The summed E-state index contributed by atoms with van der Waals surface area (Å²) in [6.07, 6.45) is 14.4. The van der Waals surface area contributed by atoms with Crippen molar-refractivity contribution in [2.75, 3.05) is 6.54 Å². The van der Waals surface area contributed by atoms with E-state index >= 15 is 0 Å². The minimum Gasteiger partial charge on any atom is -0.462 e. The van der Waals surface area contributed by atoms with E-state index in [1.807, 2.05) is 4.90 Å². The van der Waals surface area contributed by atoms with Crippen molar-refractivity contribution in [2.45, 2.75) is 118 Å². The Morgan fingerprint density at radius 1 is 1.08 bits per heavy atom. The van der Waals surface area contributed by atoms with E-state index in [1.54, 1.807) is 6.92 Å². The molecule has 0 aromatic carbocycles. The van der Waals surface area contributed by atoms with E-state index in [1.165, 1.54) is 18.9 Å². The van der Waals surface area contributed by atoms with E-state index in [-0.39, 0.29) is 46.9 Å². The van der Waals surface area contributed by atoms with Crippen molar-refractivity contribution < 1.29 is 19.1 Å². The zero-order valence-corrected chi connectivity index (χ0v) is 24.4. The highest BCUT2D eigenvalue weighted by molar-refractivity contribution is 5.66. The molecule has 6 nitrogen and oxygen atoms in total. The highest BCUT2D eigenvalue weighted by atomic mass is 16.5. The van der Waals surface area contributed by atoms with Gasteiger partial charge in [-0.25, -0.2) is 0 Å². The Bertz CT molecular complexity index is 1020. The lowest BCUT2D eigenvalue weighted by atomic mass is 9.46. The van der Waals surface area contributed by atoms with Gasteiger partial charge in [0.25, 0.3) is 0 Å². The van der Waals surface area contributed by atoms with Crippen molar-refractivity contribution in [1.82, 2.24) is 4.90 Å². The summed E-state index contributed by atoms with van der Waals surface area (Å²) in [4.78, 5) is 26.0. The Morgan fingerprint density at radius 3 is 2.50 bits per heavy atom. The summed E-state index contributed by atoms with van der Waals surface area (Å²) in [5, 5.41) is 10.00. The summed E-state index contributed by atoms with van der Waals surface area (Å²) < 4.78 is 11.8. The first-order valence-corrected chi connectivity index (χ1v) is 15.2. The number of nitriles is 1. The molecule has 11 atom stereocenters. The number of esters is 2. The van der Waals surface area contributed by atoms with Crippen LogP contribution in [0, 0.1) is 57.8 Å². The number of ether oxygens (including phenoxy) is 2. The topological polar surface area (TPSA) is 79.6 Å². The Kier molecular flexibility index (Phi) is 7.37. The van der Waals surface area contributed by atoms with Crippen molar-refractivity contribution in [3.05, 3.63) is 11.6 Å². The standard InChI is InChI=1S/C32H48N2O4/c1-19-7-10-28(34(17-19)18-33)20(2)30-29(38-22(4)36)16-27-25-9-8-23-15-24(37-21(3)35)11-13-31(23,5)26(25)12-14-32(27,30)6/h8,19-20,24-30H,7,9-17H2,1-6H3/t19-,20+,24+,25+,26-,27+,28+,29-,30-,31+,32+/m0/s1. The third kappa shape index (κ3) is 4.56. The molecule has 0 radical (unpaired) electrons. The van der Waals surface area contributed by atoms with Crippen LogP contribution in [0.3, 0.4) is 0 Å². The molecule has 38 heavy (non-hydrogen) atoms. The second kappa shape index (κ2) is 10.2. The van der Waals surface area contributed by atoms with Gasteiger partial charge in [0.15, 0.2) is 6.19 Å². The van der Waals surface area contributed by atoms with Gasteiger partial charge >= 0.3 is 11.9 Å². The van der Waals surface area contributed by atoms with Crippen LogP contribution in [0.5, 0.6) is 0 Å². The zero-order valence-electron chi connectivity index (χ0n) is 24.4. The number of nitrogens with zero attached hydrogens (tertiary/aromatic N) is 2. The van der Waals surface area contributed by atoms with Crippen LogP contribution >= 0.6 is 0 Å². The van der Waals surface area contributed by atoms with Gasteiger partial charge in [-0.05, 0) is 91.8 Å². The second-order valence-electron chi connectivity index (χ2n) is 14.0. The lowest BCUT2D eigenvalue weighted by molar-refractivity contribution is -0.152. The van der Waals surface area contributed by atoms with Gasteiger partial charge in [0.05, 0.1) is 0 Å². The van der Waals surface area contributed by atoms with Crippen LogP contribution in [0.25, 0.3) is 0 Å². The predicted molar refractivity (Wildman–Crippen MR) is 145 cm³/mol. The lowest BCUT2D eigenvalue weighted by Gasteiger charge is -2.58. The number of hydrogen-bond donors (Lipinski definition) is 0. The van der Waals surface area contributed by atoms with Gasteiger partial charge in [-0.15, -0.1) is 0 Å². The summed E-state index contributed by atoms with van der Waals surface area (Å²) >= 11 is 0. The Labute approximate surface area is 229 Å². The van der Waals surface area contributed by atoms with Crippen LogP contribution in [0.4, 0.5) is 0 Å². The molecular weight excluding hydrogens is 476 g/mol. The number of piperidine rings is 1. The van der Waals surface area contributed by atoms with Gasteiger partial charge < -0.3 is 14.4 Å². The summed E-state index contributed by atoms with van der Waals surface area (Å²) in [5.74, 6) is 2.47. The molecule has 0 aromatic rings. The first kappa shape index (κ1) is 27.5. The molecule has 0 unspecified atom stereocenters. The maximum atomic E-state index is 12.3. The van der Waals surface area contributed by atoms with Crippen LogP contribution in [-0.2, 0) is 19.1 Å². The fourth-order valence-corrected chi connectivity index (χ4v) is 10.3. The largest absolute Gasteiger partial charge is 0.462 e. The molecular formula is C32H48N2O4. The fraction of sp³-hybridized carbons (Fsp3) is 0.844. The summed E-state index contributed by atoms with van der Waals surface area (Å²) in [6.45, 7) is 13.4. The number of hydrogen-bond acceptors (Lipinski definition) is 6. The summed E-state index contributed by atoms with van der Waals surface area (Å²) in [7, 11) is 0. The maximum absolute atomic E-state index is 12.3. The molecule has 210 valence electrons. The number of fused-ring (bicyclic) bond motifs is 5.